The fourth-order valence-electron chi connectivity index (χ4n) is 5.18. The van der Waals surface area contributed by atoms with E-state index in [-0.39, 0.29) is 43.8 Å². The van der Waals surface area contributed by atoms with E-state index < -0.39 is 6.04 Å². The number of pyridine rings is 1. The molecule has 3 amide bonds. The lowest BCUT2D eigenvalue weighted by molar-refractivity contribution is -0.157. The van der Waals surface area contributed by atoms with E-state index in [2.05, 4.69) is 15.3 Å². The number of nitrogens with zero attached hydrogens (tertiary/aromatic N) is 3. The van der Waals surface area contributed by atoms with Crippen LogP contribution in [0, 0.1) is 0 Å². The smallest absolute Gasteiger partial charge is 0.246 e. The Morgan fingerprint density at radius 1 is 1.07 bits per heavy atom. The number of aromatic amines is 1. The lowest BCUT2D eigenvalue weighted by atomic mass is 10.0. The number of H-pyrrole nitrogens is 1. The summed E-state index contributed by atoms with van der Waals surface area (Å²) in [6.07, 6.45) is 6.08. The summed E-state index contributed by atoms with van der Waals surface area (Å²) in [5, 5.41) is 4.98. The zero-order chi connectivity index (χ0) is 29.6. The second-order valence-electron chi connectivity index (χ2n) is 10.2. The average Bonchev–Trinajstić information content (AvgIpc) is 3.39. The van der Waals surface area contributed by atoms with Crippen LogP contribution in [0.25, 0.3) is 10.9 Å². The Bertz CT molecular complexity index is 1590. The molecular formula is C31H31Cl2N5O4. The van der Waals surface area contributed by atoms with E-state index >= 15 is 0 Å². The van der Waals surface area contributed by atoms with Gasteiger partial charge in [-0.2, -0.15) is 0 Å². The molecule has 2 aromatic heterocycles. The molecule has 2 N–H and O–H groups in total. The lowest BCUT2D eigenvalue weighted by Gasteiger charge is -2.40. The van der Waals surface area contributed by atoms with Crippen molar-refractivity contribution in [3.63, 3.8) is 0 Å². The number of halogens is 2. The quantitative estimate of drug-likeness (QED) is 0.263. The molecule has 3 heterocycles. The number of aromatic nitrogens is 2. The maximum absolute atomic E-state index is 13.7. The van der Waals surface area contributed by atoms with Crippen molar-refractivity contribution in [2.75, 3.05) is 26.7 Å². The van der Waals surface area contributed by atoms with Crippen LogP contribution in [0.5, 0.6) is 5.75 Å². The zero-order valence-electron chi connectivity index (χ0n) is 23.1. The largest absolute Gasteiger partial charge is 0.497 e. The highest BCUT2D eigenvalue weighted by Crippen LogP contribution is 2.25. The molecule has 11 heteroatoms. The van der Waals surface area contributed by atoms with Crippen LogP contribution >= 0.6 is 23.2 Å². The van der Waals surface area contributed by atoms with Crippen LogP contribution in [0.2, 0.25) is 10.0 Å². The maximum atomic E-state index is 13.7. The molecule has 1 atom stereocenters. The highest BCUT2D eigenvalue weighted by Gasteiger charge is 2.40. The average molecular weight is 609 g/mol. The van der Waals surface area contributed by atoms with Gasteiger partial charge in [0.2, 0.25) is 17.7 Å². The third-order valence-electron chi connectivity index (χ3n) is 7.46. The van der Waals surface area contributed by atoms with E-state index in [9.17, 15) is 14.4 Å². The van der Waals surface area contributed by atoms with Crippen molar-refractivity contribution in [2.45, 2.75) is 31.8 Å². The first kappa shape index (κ1) is 29.4. The molecule has 0 bridgehead atoms. The van der Waals surface area contributed by atoms with Gasteiger partial charge in [0.05, 0.1) is 20.1 Å². The van der Waals surface area contributed by atoms with Gasteiger partial charge in [0.25, 0.3) is 0 Å². The van der Waals surface area contributed by atoms with Gasteiger partial charge in [-0.1, -0.05) is 29.3 Å². The molecule has 0 spiro atoms. The number of fused-ring (bicyclic) bond motifs is 1. The number of carbonyl (C=O) groups excluding carboxylic acids is 3. The number of piperazine rings is 1. The minimum absolute atomic E-state index is 0.0722. The normalized spacial score (nSPS) is 15.4. The SMILES string of the molecule is COc1ccc2[nH]cc(CCNC(=O)CC3C(=O)N(CCc4ccc(Cl)cc4Cl)CC(=O)N3Cc3ccncc3)c2c1. The summed E-state index contributed by atoms with van der Waals surface area (Å²) in [7, 11) is 1.62. The van der Waals surface area contributed by atoms with Gasteiger partial charge in [-0.3, -0.25) is 19.4 Å². The molecule has 1 saturated heterocycles. The molecule has 4 aromatic rings. The van der Waals surface area contributed by atoms with Gasteiger partial charge < -0.3 is 24.8 Å². The first-order chi connectivity index (χ1) is 20.3. The van der Waals surface area contributed by atoms with Crippen LogP contribution < -0.4 is 10.1 Å². The van der Waals surface area contributed by atoms with Gasteiger partial charge in [0, 0.05) is 59.2 Å². The number of ether oxygens (including phenoxy) is 1. The van der Waals surface area contributed by atoms with E-state index in [4.69, 9.17) is 27.9 Å². The van der Waals surface area contributed by atoms with Crippen LogP contribution in [-0.4, -0.2) is 70.3 Å². The molecule has 1 aliphatic heterocycles. The number of rotatable bonds is 11. The standard InChI is InChI=1S/C31H31Cl2N5O4/c1-42-24-4-5-27-25(15-24)22(17-36-27)8-12-35-29(39)16-28-31(41)37(13-9-21-2-3-23(32)14-26(21)33)19-30(40)38(28)18-20-6-10-34-11-7-20/h2-7,10-11,14-15,17,28,36H,8-9,12-13,16,18-19H2,1H3,(H,35,39). The summed E-state index contributed by atoms with van der Waals surface area (Å²) < 4.78 is 5.34. The summed E-state index contributed by atoms with van der Waals surface area (Å²) in [4.78, 5) is 50.4. The third-order valence-corrected chi connectivity index (χ3v) is 8.04. The molecule has 218 valence electrons. The van der Waals surface area contributed by atoms with Crippen molar-refractivity contribution < 1.29 is 19.1 Å². The number of nitrogens with one attached hydrogen (secondary N) is 2. The summed E-state index contributed by atoms with van der Waals surface area (Å²) in [5.74, 6) is -0.0438. The first-order valence-corrected chi connectivity index (χ1v) is 14.4. The van der Waals surface area contributed by atoms with Crippen molar-refractivity contribution in [1.82, 2.24) is 25.1 Å². The molecule has 1 aliphatic rings. The molecule has 1 unspecified atom stereocenters. The van der Waals surface area contributed by atoms with Crippen molar-refractivity contribution in [3.05, 3.63) is 93.9 Å². The summed E-state index contributed by atoms with van der Waals surface area (Å²) in [6, 6.07) is 13.6. The molecule has 0 saturated carbocycles. The Labute approximate surface area is 253 Å². The molecule has 9 nitrogen and oxygen atoms in total. The first-order valence-electron chi connectivity index (χ1n) is 13.6. The topological polar surface area (TPSA) is 108 Å². The molecular weight excluding hydrogens is 577 g/mol. The fourth-order valence-corrected chi connectivity index (χ4v) is 5.68. The monoisotopic (exact) mass is 607 g/mol. The Kier molecular flexibility index (Phi) is 9.29. The van der Waals surface area contributed by atoms with Crippen LogP contribution in [0.4, 0.5) is 0 Å². The summed E-state index contributed by atoms with van der Waals surface area (Å²) >= 11 is 12.3. The number of hydrogen-bond donors (Lipinski definition) is 2. The van der Waals surface area contributed by atoms with E-state index in [1.165, 1.54) is 9.80 Å². The van der Waals surface area contributed by atoms with Crippen molar-refractivity contribution >= 4 is 51.8 Å². The van der Waals surface area contributed by atoms with Crippen molar-refractivity contribution in [2.24, 2.45) is 0 Å². The van der Waals surface area contributed by atoms with Gasteiger partial charge in [-0.05, 0) is 72.0 Å². The maximum Gasteiger partial charge on any atom is 0.246 e. The summed E-state index contributed by atoms with van der Waals surface area (Å²) in [5.41, 5.74) is 3.67. The predicted molar refractivity (Wildman–Crippen MR) is 162 cm³/mol. The third kappa shape index (κ3) is 6.86. The van der Waals surface area contributed by atoms with Gasteiger partial charge >= 0.3 is 0 Å². The number of hydrogen-bond acceptors (Lipinski definition) is 5. The Hall–Kier alpha value is -4.08. The van der Waals surface area contributed by atoms with Gasteiger partial charge in [-0.15, -0.1) is 0 Å². The number of methoxy groups -OCH3 is 1. The minimum atomic E-state index is -0.933. The number of amides is 3. The van der Waals surface area contributed by atoms with Crippen LogP contribution in [-0.2, 0) is 33.8 Å². The van der Waals surface area contributed by atoms with E-state index in [1.807, 2.05) is 30.5 Å². The molecule has 5 rings (SSSR count). The molecule has 42 heavy (non-hydrogen) atoms. The van der Waals surface area contributed by atoms with Gasteiger partial charge in [-0.25, -0.2) is 0 Å². The second-order valence-corrected chi connectivity index (χ2v) is 11.0. The van der Waals surface area contributed by atoms with Gasteiger partial charge in [0.1, 0.15) is 11.8 Å². The predicted octanol–water partition coefficient (Wildman–Crippen LogP) is 4.41. The number of carbonyl (C=O) groups is 3. The molecule has 0 aliphatic carbocycles. The van der Waals surface area contributed by atoms with Crippen LogP contribution in [0.15, 0.2) is 67.1 Å². The number of benzene rings is 2. The van der Waals surface area contributed by atoms with Crippen LogP contribution in [0.1, 0.15) is 23.1 Å². The second kappa shape index (κ2) is 13.3. The zero-order valence-corrected chi connectivity index (χ0v) is 24.6. The Balaban J connectivity index is 1.26. The lowest BCUT2D eigenvalue weighted by Crippen LogP contribution is -2.60. The summed E-state index contributed by atoms with van der Waals surface area (Å²) in [6.45, 7) is 0.800. The Morgan fingerprint density at radius 3 is 2.64 bits per heavy atom. The van der Waals surface area contributed by atoms with E-state index in [0.29, 0.717) is 29.4 Å². The highest BCUT2D eigenvalue weighted by molar-refractivity contribution is 6.35. The van der Waals surface area contributed by atoms with Crippen LogP contribution in [0.3, 0.4) is 0 Å². The van der Waals surface area contributed by atoms with E-state index in [1.54, 1.807) is 43.8 Å². The minimum Gasteiger partial charge on any atom is -0.497 e. The van der Waals surface area contributed by atoms with Crippen molar-refractivity contribution in [3.8, 4) is 5.75 Å². The highest BCUT2D eigenvalue weighted by atomic mass is 35.5. The molecule has 2 aromatic carbocycles. The molecule has 0 radical (unpaired) electrons. The van der Waals surface area contributed by atoms with Gasteiger partial charge in [0.15, 0.2) is 0 Å². The Morgan fingerprint density at radius 2 is 1.88 bits per heavy atom. The van der Waals surface area contributed by atoms with E-state index in [0.717, 1.165) is 33.3 Å². The van der Waals surface area contributed by atoms with Crippen molar-refractivity contribution in [1.29, 1.82) is 0 Å². The fraction of sp³-hybridized carbons (Fsp3) is 0.290. The molecule has 1 fully saturated rings.